The lowest BCUT2D eigenvalue weighted by Crippen LogP contribution is -1.87. The Labute approximate surface area is 60.0 Å². The van der Waals surface area contributed by atoms with Gasteiger partial charge in [-0.25, -0.2) is 4.42 Å². The van der Waals surface area contributed by atoms with E-state index in [9.17, 15) is 0 Å². The lowest BCUT2D eigenvalue weighted by molar-refractivity contribution is -0.356. The van der Waals surface area contributed by atoms with Gasteiger partial charge in [0.1, 0.15) is 5.92 Å². The van der Waals surface area contributed by atoms with Crippen molar-refractivity contribution in [2.75, 3.05) is 0 Å². The molecule has 0 fully saturated rings. The van der Waals surface area contributed by atoms with Crippen molar-refractivity contribution in [2.24, 2.45) is 0 Å². The van der Waals surface area contributed by atoms with E-state index in [1.54, 1.807) is 6.29 Å². The molecule has 0 saturated heterocycles. The van der Waals surface area contributed by atoms with Crippen molar-refractivity contribution < 1.29 is 4.42 Å². The third kappa shape index (κ3) is 0.670. The average Bonchev–Trinajstić information content (AvgIpc) is 2.34. The van der Waals surface area contributed by atoms with E-state index in [2.05, 4.69) is 6.07 Å². The Morgan fingerprint density at radius 1 is 1.20 bits per heavy atom. The number of aldehydes is 1. The van der Waals surface area contributed by atoms with Gasteiger partial charge in [0.15, 0.2) is 0 Å². The fourth-order valence-corrected chi connectivity index (χ4v) is 1.11. The lowest BCUT2D eigenvalue weighted by atomic mass is 10.0. The van der Waals surface area contributed by atoms with Gasteiger partial charge in [-0.2, -0.15) is 0 Å². The van der Waals surface area contributed by atoms with Crippen LogP contribution in [0.25, 0.3) is 0 Å². The number of para-hydroxylation sites is 1. The molecule has 0 saturated carbocycles. The summed E-state index contributed by atoms with van der Waals surface area (Å²) in [5.41, 5.74) is 1.21. The first-order valence-electron chi connectivity index (χ1n) is 3.31. The summed E-state index contributed by atoms with van der Waals surface area (Å²) >= 11 is 0. The van der Waals surface area contributed by atoms with E-state index in [0.29, 0.717) is 0 Å². The minimum Gasteiger partial charge on any atom is -0.220 e. The van der Waals surface area contributed by atoms with Gasteiger partial charge in [0.2, 0.25) is 0 Å². The first-order valence-corrected chi connectivity index (χ1v) is 3.31. The molecule has 0 bridgehead atoms. The van der Waals surface area contributed by atoms with Gasteiger partial charge in [0.05, 0.1) is 5.56 Å². The summed E-state index contributed by atoms with van der Waals surface area (Å²) in [5, 5.41) is 0. The van der Waals surface area contributed by atoms with Crippen LogP contribution < -0.4 is 0 Å². The van der Waals surface area contributed by atoms with Gasteiger partial charge in [-0.1, -0.05) is 12.1 Å². The highest BCUT2D eigenvalue weighted by molar-refractivity contribution is 5.80. The quantitative estimate of drug-likeness (QED) is 0.378. The molecule has 1 aromatic carbocycles. The van der Waals surface area contributed by atoms with Crippen molar-refractivity contribution in [1.82, 2.24) is 0 Å². The molecule has 0 unspecified atom stereocenters. The highest BCUT2D eigenvalue weighted by Crippen LogP contribution is 2.28. The summed E-state index contributed by atoms with van der Waals surface area (Å²) in [7, 11) is 0. The molecule has 0 spiro atoms. The van der Waals surface area contributed by atoms with Crippen LogP contribution >= 0.6 is 0 Å². The second-order valence-electron chi connectivity index (χ2n) is 2.41. The molecule has 10 heavy (non-hydrogen) atoms. The van der Waals surface area contributed by atoms with E-state index in [1.165, 1.54) is 11.5 Å². The standard InChI is InChI=1S/C9H8O/c1-7-6-10-9-5-3-2-4-8(7)9/h2-6H,1H3/q+1. The van der Waals surface area contributed by atoms with Gasteiger partial charge in [0, 0.05) is 6.07 Å². The Bertz CT molecular complexity index is 276. The number of hydrogen-bond donors (Lipinski definition) is 0. The summed E-state index contributed by atoms with van der Waals surface area (Å²) in [6.07, 6.45) is 1.78. The smallest absolute Gasteiger partial charge is 0.220 e. The molecule has 0 aromatic heterocycles. The summed E-state index contributed by atoms with van der Waals surface area (Å²) in [6, 6.07) is 8.03. The van der Waals surface area contributed by atoms with Crippen LogP contribution in [0, 0.1) is 5.92 Å². The van der Waals surface area contributed by atoms with Crippen molar-refractivity contribution in [3.8, 4) is 5.75 Å². The van der Waals surface area contributed by atoms with Crippen LogP contribution in [0.2, 0.25) is 0 Å². The van der Waals surface area contributed by atoms with E-state index < -0.39 is 0 Å². The fourth-order valence-electron chi connectivity index (χ4n) is 1.11. The van der Waals surface area contributed by atoms with Crippen LogP contribution in [0.3, 0.4) is 0 Å². The molecule has 1 heterocycles. The van der Waals surface area contributed by atoms with Gasteiger partial charge >= 0.3 is 12.0 Å². The molecule has 49 valence electrons. The van der Waals surface area contributed by atoms with Crippen LogP contribution in [0.1, 0.15) is 12.5 Å². The van der Waals surface area contributed by atoms with E-state index in [0.717, 1.165) is 5.75 Å². The maximum absolute atomic E-state index is 5.25. The van der Waals surface area contributed by atoms with Crippen molar-refractivity contribution in [1.29, 1.82) is 0 Å². The van der Waals surface area contributed by atoms with E-state index in [4.69, 9.17) is 4.42 Å². The Morgan fingerprint density at radius 2 is 2.00 bits per heavy atom. The minimum absolute atomic E-state index is 0.972. The molecule has 2 rings (SSSR count). The summed E-state index contributed by atoms with van der Waals surface area (Å²) in [6.45, 7) is 2.05. The first-order chi connectivity index (χ1) is 4.88. The zero-order valence-electron chi connectivity index (χ0n) is 5.79. The van der Waals surface area contributed by atoms with Gasteiger partial charge in [-0.15, -0.1) is 0 Å². The van der Waals surface area contributed by atoms with Gasteiger partial charge < -0.3 is 0 Å². The monoisotopic (exact) mass is 132 g/mol. The molecule has 0 N–H and O–H groups in total. The molecule has 0 aliphatic carbocycles. The molecule has 1 aliphatic rings. The maximum Gasteiger partial charge on any atom is 0.356 e. The third-order valence-corrected chi connectivity index (χ3v) is 1.67. The number of hydrogen-bond acceptors (Lipinski definition) is 0. The molecule has 1 nitrogen and oxygen atoms in total. The Kier molecular flexibility index (Phi) is 1.10. The predicted molar refractivity (Wildman–Crippen MR) is 40.0 cm³/mol. The second kappa shape index (κ2) is 1.94. The number of rotatable bonds is 0. The Morgan fingerprint density at radius 3 is 2.80 bits per heavy atom. The minimum atomic E-state index is 0.972. The van der Waals surface area contributed by atoms with Gasteiger partial charge in [-0.3, -0.25) is 0 Å². The molecule has 1 aromatic rings. The fraction of sp³-hybridized carbons (Fsp3) is 0.111. The van der Waals surface area contributed by atoms with E-state index in [-0.39, 0.29) is 0 Å². The van der Waals surface area contributed by atoms with Crippen molar-refractivity contribution >= 4 is 6.29 Å². The third-order valence-electron chi connectivity index (χ3n) is 1.67. The van der Waals surface area contributed by atoms with Crippen LogP contribution in [0.4, 0.5) is 0 Å². The molecule has 1 radical (unpaired) electrons. The molecular formula is C9H8O+. The lowest BCUT2D eigenvalue weighted by Gasteiger charge is -1.88. The van der Waals surface area contributed by atoms with Gasteiger partial charge in [0.25, 0.3) is 0 Å². The number of carbonyl (C=O) groups excluding carboxylic acids is 1. The second-order valence-corrected chi connectivity index (χ2v) is 2.41. The first kappa shape index (κ1) is 5.66. The van der Waals surface area contributed by atoms with Crippen molar-refractivity contribution in [3.63, 3.8) is 0 Å². The highest BCUT2D eigenvalue weighted by atomic mass is 16.4. The molecule has 0 amide bonds. The average molecular weight is 132 g/mol. The van der Waals surface area contributed by atoms with E-state index in [1.807, 2.05) is 25.1 Å². The number of benzene rings is 1. The van der Waals surface area contributed by atoms with Crippen LogP contribution in [0.15, 0.2) is 24.3 Å². The zero-order chi connectivity index (χ0) is 6.97. The Balaban J connectivity index is 2.59. The normalized spacial score (nSPS) is 15.7. The van der Waals surface area contributed by atoms with Crippen LogP contribution in [0.5, 0.6) is 5.75 Å². The maximum atomic E-state index is 5.25. The van der Waals surface area contributed by atoms with Crippen LogP contribution in [-0.2, 0) is 4.42 Å². The topological polar surface area (TPSA) is 11.3 Å². The molecule has 1 heteroatoms. The molecule has 1 aliphatic heterocycles. The molecule has 0 atom stereocenters. The number of fused-ring (bicyclic) bond motifs is 1. The van der Waals surface area contributed by atoms with Crippen LogP contribution in [-0.4, -0.2) is 6.29 Å². The van der Waals surface area contributed by atoms with Crippen molar-refractivity contribution in [2.45, 2.75) is 6.92 Å². The predicted octanol–water partition coefficient (Wildman–Crippen LogP) is 2.09. The summed E-state index contributed by atoms with van der Waals surface area (Å²) in [5.74, 6) is 2.18. The summed E-state index contributed by atoms with van der Waals surface area (Å²) < 4.78 is 5.25. The zero-order valence-corrected chi connectivity index (χ0v) is 5.79. The highest BCUT2D eigenvalue weighted by Gasteiger charge is 2.25. The van der Waals surface area contributed by atoms with Crippen molar-refractivity contribution in [3.05, 3.63) is 35.7 Å². The largest absolute Gasteiger partial charge is 0.356 e. The van der Waals surface area contributed by atoms with E-state index >= 15 is 0 Å². The Hall–Kier alpha value is -1.11. The van der Waals surface area contributed by atoms with Gasteiger partial charge in [-0.05, 0) is 13.0 Å². The molecular weight excluding hydrogens is 124 g/mol. The SMILES string of the molecule is C[C]1C=[O+]c2ccccc21. The summed E-state index contributed by atoms with van der Waals surface area (Å²) in [4.78, 5) is 0.